The first-order chi connectivity index (χ1) is 22.7. The second-order valence-electron chi connectivity index (χ2n) is 14.7. The Balaban J connectivity index is 1.31. The Labute approximate surface area is 283 Å². The van der Waals surface area contributed by atoms with Crippen LogP contribution >= 0.6 is 0 Å². The fourth-order valence-electron chi connectivity index (χ4n) is 5.64. The molecule has 0 bridgehead atoms. The number of urea groups is 1. The van der Waals surface area contributed by atoms with Crippen molar-refractivity contribution in [3.63, 3.8) is 0 Å². The number of likely N-dealkylation sites (N-methyl/N-ethyl adjacent to an activating group) is 1. The maximum atomic E-state index is 13.5. The lowest BCUT2D eigenvalue weighted by Crippen LogP contribution is -2.48. The number of pyridine rings is 2. The van der Waals surface area contributed by atoms with E-state index in [1.807, 2.05) is 81.9 Å². The second-order valence-corrected chi connectivity index (χ2v) is 14.7. The highest BCUT2D eigenvalue weighted by atomic mass is 16.5. The maximum absolute atomic E-state index is 13.5. The Kier molecular flexibility index (Phi) is 10.1. The number of amides is 3. The highest BCUT2D eigenvalue weighted by Crippen LogP contribution is 2.39. The number of fused-ring (bicyclic) bond motifs is 2. The van der Waals surface area contributed by atoms with E-state index < -0.39 is 0 Å². The first kappa shape index (κ1) is 34.8. The third-order valence-electron chi connectivity index (χ3n) is 9.45. The molecule has 0 spiro atoms. The monoisotopic (exact) mass is 654 g/mol. The van der Waals surface area contributed by atoms with Gasteiger partial charge in [0.25, 0.3) is 5.91 Å². The van der Waals surface area contributed by atoms with Gasteiger partial charge in [0.05, 0.1) is 12.2 Å². The molecule has 0 unspecified atom stereocenters. The molecule has 3 heterocycles. The zero-order valence-corrected chi connectivity index (χ0v) is 29.7. The predicted octanol–water partition coefficient (Wildman–Crippen LogP) is 6.78. The second kappa shape index (κ2) is 13.9. The molecule has 0 radical (unpaired) electrons. The van der Waals surface area contributed by atoms with Crippen molar-refractivity contribution < 1.29 is 14.3 Å². The van der Waals surface area contributed by atoms with Gasteiger partial charge in [-0.1, -0.05) is 58.9 Å². The molecule has 256 valence electrons. The van der Waals surface area contributed by atoms with Gasteiger partial charge in [0.1, 0.15) is 23.4 Å². The molecule has 11 nitrogen and oxygen atoms in total. The Morgan fingerprint density at radius 2 is 1.75 bits per heavy atom. The highest BCUT2D eigenvalue weighted by molar-refractivity contribution is 5.95. The molecule has 1 aromatic carbocycles. The Hall–Kier alpha value is -4.51. The average molecular weight is 655 g/mol. The fourth-order valence-corrected chi connectivity index (χ4v) is 5.64. The van der Waals surface area contributed by atoms with Gasteiger partial charge in [-0.15, -0.1) is 10.2 Å². The average Bonchev–Trinajstić information content (AvgIpc) is 3.47. The number of rotatable bonds is 10. The number of nitrogens with zero attached hydrogens (tertiary/aromatic N) is 5. The summed E-state index contributed by atoms with van der Waals surface area (Å²) in [5, 5.41) is 17.9. The molecule has 3 aromatic heterocycles. The van der Waals surface area contributed by atoms with E-state index in [0.29, 0.717) is 24.3 Å². The molecule has 3 N–H and O–H groups in total. The van der Waals surface area contributed by atoms with E-state index >= 15 is 0 Å². The number of carbonyl (C=O) groups excluding carboxylic acids is 2. The number of nitrogens with one attached hydrogen (secondary N) is 3. The van der Waals surface area contributed by atoms with Gasteiger partial charge >= 0.3 is 6.03 Å². The third-order valence-corrected chi connectivity index (χ3v) is 9.45. The van der Waals surface area contributed by atoms with Crippen molar-refractivity contribution >= 4 is 23.3 Å². The summed E-state index contributed by atoms with van der Waals surface area (Å²) in [4.78, 5) is 33.4. The van der Waals surface area contributed by atoms with Gasteiger partial charge in [-0.25, -0.2) is 9.78 Å². The van der Waals surface area contributed by atoms with Crippen molar-refractivity contribution in [1.82, 2.24) is 35.1 Å². The zero-order chi connectivity index (χ0) is 34.8. The molecule has 3 atom stereocenters. The van der Waals surface area contributed by atoms with Crippen LogP contribution in [-0.2, 0) is 5.41 Å². The quantitative estimate of drug-likeness (QED) is 0.172. The van der Waals surface area contributed by atoms with Crippen LogP contribution in [0.4, 0.5) is 10.5 Å². The van der Waals surface area contributed by atoms with Crippen LogP contribution in [0.2, 0.25) is 0 Å². The SMILES string of the molecule is CC[C@H](C)c1nnc2ccc(O[C@@H]3CC[C@H](NC(=O)Nc4cc(C(=O)NCC(C)(C)N(C)C)nc(C(C)(C)C)c4)c4ccccc43)cn12. The number of aromatic nitrogens is 4. The number of benzene rings is 1. The highest BCUT2D eigenvalue weighted by Gasteiger charge is 2.30. The Morgan fingerprint density at radius 1 is 1.02 bits per heavy atom. The largest absolute Gasteiger partial charge is 0.484 e. The predicted molar refractivity (Wildman–Crippen MR) is 189 cm³/mol. The molecule has 0 fully saturated rings. The van der Waals surface area contributed by atoms with E-state index in [1.54, 1.807) is 6.07 Å². The fraction of sp³-hybridized carbons (Fsp3) is 0.486. The number of hydrogen-bond donors (Lipinski definition) is 3. The topological polar surface area (TPSA) is 126 Å². The van der Waals surface area contributed by atoms with Gasteiger partial charge in [0, 0.05) is 34.8 Å². The summed E-state index contributed by atoms with van der Waals surface area (Å²) < 4.78 is 8.57. The van der Waals surface area contributed by atoms with Crippen molar-refractivity contribution in [3.8, 4) is 5.75 Å². The van der Waals surface area contributed by atoms with Crippen molar-refractivity contribution in [2.24, 2.45) is 0 Å². The van der Waals surface area contributed by atoms with Gasteiger partial charge in [0.15, 0.2) is 5.65 Å². The molecule has 48 heavy (non-hydrogen) atoms. The van der Waals surface area contributed by atoms with Crippen molar-refractivity contribution in [1.29, 1.82) is 0 Å². The van der Waals surface area contributed by atoms with Crippen LogP contribution in [0.3, 0.4) is 0 Å². The molecule has 0 aliphatic heterocycles. The standard InChI is InChI=1S/C37H50N8O3/c1-10-23(2)33-43-42-32-18-15-25(21-45(32)33)48-30-17-16-28(26-13-11-12-14-27(26)30)41-35(47)39-24-19-29(40-31(20-24)36(3,4)5)34(46)38-22-37(6,7)44(8)9/h11-15,18-21,23,28,30H,10,16-17,22H2,1-9H3,(H,38,46)(H2,39,40,41,47)/t23-,28-,30+/m0/s1. The van der Waals surface area contributed by atoms with Crippen LogP contribution in [0.1, 0.15) is 119 Å². The summed E-state index contributed by atoms with van der Waals surface area (Å²) in [7, 11) is 3.96. The number of ether oxygens (including phenoxy) is 1. The van der Waals surface area contributed by atoms with Crippen LogP contribution in [-0.4, -0.2) is 62.6 Å². The molecule has 1 aliphatic rings. The molecular weight excluding hydrogens is 604 g/mol. The normalized spacial score (nSPS) is 17.1. The van der Waals surface area contributed by atoms with E-state index in [4.69, 9.17) is 4.74 Å². The van der Waals surface area contributed by atoms with E-state index in [2.05, 4.69) is 69.8 Å². The summed E-state index contributed by atoms with van der Waals surface area (Å²) >= 11 is 0. The van der Waals surface area contributed by atoms with E-state index in [9.17, 15) is 9.59 Å². The zero-order valence-electron chi connectivity index (χ0n) is 29.7. The van der Waals surface area contributed by atoms with Gasteiger partial charge in [-0.05, 0) is 82.6 Å². The maximum Gasteiger partial charge on any atom is 0.319 e. The third kappa shape index (κ3) is 7.78. The van der Waals surface area contributed by atoms with Crippen LogP contribution in [0, 0.1) is 0 Å². The minimum Gasteiger partial charge on any atom is -0.484 e. The number of hydrogen-bond acceptors (Lipinski definition) is 7. The summed E-state index contributed by atoms with van der Waals surface area (Å²) in [5.41, 5.74) is 3.76. The van der Waals surface area contributed by atoms with Crippen LogP contribution in [0.5, 0.6) is 5.75 Å². The number of carbonyl (C=O) groups is 2. The molecular formula is C37H50N8O3. The Morgan fingerprint density at radius 3 is 2.44 bits per heavy atom. The smallest absolute Gasteiger partial charge is 0.319 e. The van der Waals surface area contributed by atoms with Gasteiger partial charge in [0.2, 0.25) is 0 Å². The summed E-state index contributed by atoms with van der Waals surface area (Å²) in [5.74, 6) is 1.65. The van der Waals surface area contributed by atoms with E-state index in [1.165, 1.54) is 0 Å². The van der Waals surface area contributed by atoms with Crippen molar-refractivity contribution in [2.75, 3.05) is 26.0 Å². The van der Waals surface area contributed by atoms with Crippen molar-refractivity contribution in [2.45, 2.75) is 96.7 Å². The molecule has 0 saturated heterocycles. The van der Waals surface area contributed by atoms with Gasteiger partial charge in [-0.2, -0.15) is 0 Å². The first-order valence-corrected chi connectivity index (χ1v) is 16.8. The minimum atomic E-state index is -0.351. The van der Waals surface area contributed by atoms with Gasteiger partial charge in [-0.3, -0.25) is 9.20 Å². The van der Waals surface area contributed by atoms with Crippen LogP contribution in [0.15, 0.2) is 54.7 Å². The summed E-state index contributed by atoms with van der Waals surface area (Å²) in [6.45, 7) is 14.9. The molecule has 5 rings (SSSR count). The summed E-state index contributed by atoms with van der Waals surface area (Å²) in [6, 6.07) is 14.9. The molecule has 4 aromatic rings. The van der Waals surface area contributed by atoms with E-state index in [0.717, 1.165) is 41.2 Å². The molecule has 0 saturated carbocycles. The lowest BCUT2D eigenvalue weighted by atomic mass is 9.85. The van der Waals surface area contributed by atoms with Crippen LogP contribution in [0.25, 0.3) is 5.65 Å². The van der Waals surface area contributed by atoms with Gasteiger partial charge < -0.3 is 25.6 Å². The number of anilines is 1. The molecule has 11 heteroatoms. The van der Waals surface area contributed by atoms with E-state index in [-0.39, 0.29) is 46.6 Å². The Bertz CT molecular complexity index is 1770. The minimum absolute atomic E-state index is 0.170. The molecule has 3 amide bonds. The lowest BCUT2D eigenvalue weighted by Gasteiger charge is -2.32. The van der Waals surface area contributed by atoms with Crippen molar-refractivity contribution in [3.05, 3.63) is 83.1 Å². The summed E-state index contributed by atoms with van der Waals surface area (Å²) in [6.07, 6.45) is 4.18. The first-order valence-electron chi connectivity index (χ1n) is 16.8. The lowest BCUT2D eigenvalue weighted by molar-refractivity contribution is 0.0914. The van der Waals surface area contributed by atoms with Crippen LogP contribution < -0.4 is 20.7 Å². The molecule has 1 aliphatic carbocycles.